The van der Waals surface area contributed by atoms with Crippen LogP contribution in [0.25, 0.3) is 10.1 Å². The van der Waals surface area contributed by atoms with E-state index < -0.39 is 0 Å². The summed E-state index contributed by atoms with van der Waals surface area (Å²) in [5, 5.41) is 0.991. The van der Waals surface area contributed by atoms with Gasteiger partial charge in [0.05, 0.1) is 5.69 Å². The Bertz CT molecular complexity index is 648. The molecule has 5 heteroatoms. The van der Waals surface area contributed by atoms with Crippen molar-refractivity contribution in [2.24, 2.45) is 0 Å². The molecule has 21 heavy (non-hydrogen) atoms. The fourth-order valence-electron chi connectivity index (χ4n) is 2.34. The van der Waals surface area contributed by atoms with Crippen LogP contribution in [0.1, 0.15) is 21.7 Å². The van der Waals surface area contributed by atoms with Crippen LogP contribution in [0.2, 0.25) is 0 Å². The van der Waals surface area contributed by atoms with Gasteiger partial charge in [-0.3, -0.25) is 4.79 Å². The summed E-state index contributed by atoms with van der Waals surface area (Å²) in [6.07, 6.45) is 0.957. The first-order chi connectivity index (χ1) is 9.91. The minimum Gasteiger partial charge on any atom is -0.397 e. The van der Waals surface area contributed by atoms with Crippen LogP contribution in [0, 0.1) is 6.92 Å². The standard InChI is InChI=1S/C16H23N3OS/c1-11-7-5-8-12-13(17)15(21-14(11)12)16(20)19(4)10-6-9-18(2)3/h5,7-8H,6,9-10,17H2,1-4H3. The van der Waals surface area contributed by atoms with Crippen molar-refractivity contribution >= 4 is 33.0 Å². The van der Waals surface area contributed by atoms with E-state index in [2.05, 4.69) is 4.90 Å². The van der Waals surface area contributed by atoms with Crippen LogP contribution in [-0.4, -0.2) is 49.9 Å². The van der Waals surface area contributed by atoms with Crippen molar-refractivity contribution in [3.63, 3.8) is 0 Å². The van der Waals surface area contributed by atoms with Crippen LogP contribution < -0.4 is 5.73 Å². The molecule has 4 nitrogen and oxygen atoms in total. The molecule has 0 saturated carbocycles. The topological polar surface area (TPSA) is 49.6 Å². The lowest BCUT2D eigenvalue weighted by Crippen LogP contribution is -2.29. The molecule has 1 amide bonds. The number of rotatable bonds is 5. The van der Waals surface area contributed by atoms with Crippen molar-refractivity contribution in [3.8, 4) is 0 Å². The maximum Gasteiger partial charge on any atom is 0.265 e. The summed E-state index contributed by atoms with van der Waals surface area (Å²) in [7, 11) is 5.91. The number of carbonyl (C=O) groups is 1. The van der Waals surface area contributed by atoms with Crippen molar-refractivity contribution < 1.29 is 4.79 Å². The van der Waals surface area contributed by atoms with E-state index in [-0.39, 0.29) is 5.91 Å². The molecule has 0 atom stereocenters. The number of nitrogens with two attached hydrogens (primary N) is 1. The largest absolute Gasteiger partial charge is 0.397 e. The molecule has 1 aromatic carbocycles. The van der Waals surface area contributed by atoms with E-state index >= 15 is 0 Å². The highest BCUT2D eigenvalue weighted by molar-refractivity contribution is 7.21. The Labute approximate surface area is 130 Å². The van der Waals surface area contributed by atoms with E-state index in [0.717, 1.165) is 29.6 Å². The predicted molar refractivity (Wildman–Crippen MR) is 91.1 cm³/mol. The molecule has 2 aromatic rings. The summed E-state index contributed by atoms with van der Waals surface area (Å²) in [4.78, 5) is 17.1. The van der Waals surface area contributed by atoms with E-state index in [1.54, 1.807) is 4.90 Å². The average molecular weight is 305 g/mol. The fourth-order valence-corrected chi connectivity index (χ4v) is 3.52. The minimum absolute atomic E-state index is 0.0202. The zero-order chi connectivity index (χ0) is 15.6. The third-order valence-corrected chi connectivity index (χ3v) is 4.94. The molecule has 0 aliphatic heterocycles. The lowest BCUT2D eigenvalue weighted by Gasteiger charge is -2.18. The second kappa shape index (κ2) is 6.45. The van der Waals surface area contributed by atoms with Gasteiger partial charge in [0.2, 0.25) is 0 Å². The smallest absolute Gasteiger partial charge is 0.265 e. The Hall–Kier alpha value is -1.59. The van der Waals surface area contributed by atoms with E-state index in [0.29, 0.717) is 10.6 Å². The summed E-state index contributed by atoms with van der Waals surface area (Å²) in [5.74, 6) is 0.0202. The van der Waals surface area contributed by atoms with Gasteiger partial charge in [-0.2, -0.15) is 0 Å². The second-order valence-electron chi connectivity index (χ2n) is 5.68. The Balaban J connectivity index is 2.19. The van der Waals surface area contributed by atoms with E-state index in [4.69, 9.17) is 5.73 Å². The lowest BCUT2D eigenvalue weighted by atomic mass is 10.1. The van der Waals surface area contributed by atoms with Gasteiger partial charge in [0.1, 0.15) is 4.88 Å². The number of aryl methyl sites for hydroxylation is 1. The third-order valence-electron chi connectivity index (χ3n) is 3.59. The molecule has 0 aliphatic carbocycles. The monoisotopic (exact) mass is 305 g/mol. The van der Waals surface area contributed by atoms with Crippen molar-refractivity contribution in [2.45, 2.75) is 13.3 Å². The van der Waals surface area contributed by atoms with Crippen molar-refractivity contribution in [1.29, 1.82) is 0 Å². The first-order valence-electron chi connectivity index (χ1n) is 7.09. The molecule has 0 bridgehead atoms. The van der Waals surface area contributed by atoms with E-state index in [1.807, 2.05) is 46.3 Å². The summed E-state index contributed by atoms with van der Waals surface area (Å²) >= 11 is 1.50. The first kappa shape index (κ1) is 15.8. The number of benzene rings is 1. The van der Waals surface area contributed by atoms with Gasteiger partial charge in [0, 0.05) is 23.7 Å². The molecule has 2 N–H and O–H groups in total. The molecule has 0 unspecified atom stereocenters. The normalized spacial score (nSPS) is 11.3. The highest BCUT2D eigenvalue weighted by atomic mass is 32.1. The Morgan fingerprint density at radius 1 is 1.24 bits per heavy atom. The lowest BCUT2D eigenvalue weighted by molar-refractivity contribution is 0.0796. The molecule has 1 heterocycles. The number of carbonyl (C=O) groups excluding carboxylic acids is 1. The predicted octanol–water partition coefficient (Wildman–Crippen LogP) is 2.82. The van der Waals surface area contributed by atoms with Crippen LogP contribution in [0.4, 0.5) is 5.69 Å². The van der Waals surface area contributed by atoms with Gasteiger partial charge in [-0.15, -0.1) is 11.3 Å². The van der Waals surface area contributed by atoms with Crippen LogP contribution in [0.5, 0.6) is 0 Å². The zero-order valence-electron chi connectivity index (χ0n) is 13.1. The molecule has 2 rings (SSSR count). The quantitative estimate of drug-likeness (QED) is 0.924. The van der Waals surface area contributed by atoms with E-state index in [9.17, 15) is 4.79 Å². The number of thiophene rings is 1. The van der Waals surface area contributed by atoms with Gasteiger partial charge in [-0.25, -0.2) is 0 Å². The zero-order valence-corrected chi connectivity index (χ0v) is 14.0. The Morgan fingerprint density at radius 2 is 1.95 bits per heavy atom. The maximum atomic E-state index is 12.6. The number of anilines is 1. The van der Waals surface area contributed by atoms with Gasteiger partial charge in [0.25, 0.3) is 5.91 Å². The second-order valence-corrected chi connectivity index (χ2v) is 6.70. The van der Waals surface area contributed by atoms with Gasteiger partial charge >= 0.3 is 0 Å². The molecule has 114 valence electrons. The number of hydrogen-bond acceptors (Lipinski definition) is 4. The molecule has 0 saturated heterocycles. The minimum atomic E-state index is 0.0202. The SMILES string of the molecule is Cc1cccc2c(N)c(C(=O)N(C)CCCN(C)C)sc12. The van der Waals surface area contributed by atoms with Gasteiger partial charge < -0.3 is 15.5 Å². The maximum absolute atomic E-state index is 12.6. The van der Waals surface area contributed by atoms with Crippen LogP contribution in [-0.2, 0) is 0 Å². The highest BCUT2D eigenvalue weighted by Crippen LogP contribution is 2.36. The molecule has 1 aromatic heterocycles. The first-order valence-corrected chi connectivity index (χ1v) is 7.91. The van der Waals surface area contributed by atoms with Crippen molar-refractivity contribution in [2.75, 3.05) is 40.0 Å². The number of hydrogen-bond donors (Lipinski definition) is 1. The van der Waals surface area contributed by atoms with Crippen LogP contribution >= 0.6 is 11.3 Å². The van der Waals surface area contributed by atoms with Gasteiger partial charge in [-0.1, -0.05) is 18.2 Å². The average Bonchev–Trinajstić information content (AvgIpc) is 2.76. The number of nitrogen functional groups attached to an aromatic ring is 1. The molecule has 0 spiro atoms. The highest BCUT2D eigenvalue weighted by Gasteiger charge is 2.20. The number of amides is 1. The van der Waals surface area contributed by atoms with Gasteiger partial charge in [-0.05, 0) is 39.5 Å². The van der Waals surface area contributed by atoms with E-state index in [1.165, 1.54) is 16.9 Å². The fraction of sp³-hybridized carbons (Fsp3) is 0.438. The van der Waals surface area contributed by atoms with Crippen molar-refractivity contribution in [1.82, 2.24) is 9.80 Å². The van der Waals surface area contributed by atoms with Crippen molar-refractivity contribution in [3.05, 3.63) is 28.6 Å². The molecule has 0 fully saturated rings. The Kier molecular flexibility index (Phi) is 4.85. The Morgan fingerprint density at radius 3 is 2.57 bits per heavy atom. The molecule has 0 aliphatic rings. The number of fused-ring (bicyclic) bond motifs is 1. The van der Waals surface area contributed by atoms with Crippen LogP contribution in [0.3, 0.4) is 0 Å². The summed E-state index contributed by atoms with van der Waals surface area (Å²) < 4.78 is 1.11. The molecular formula is C16H23N3OS. The summed E-state index contributed by atoms with van der Waals surface area (Å²) in [6.45, 7) is 3.76. The van der Waals surface area contributed by atoms with Gasteiger partial charge in [0.15, 0.2) is 0 Å². The summed E-state index contributed by atoms with van der Waals surface area (Å²) in [6, 6.07) is 6.01. The van der Waals surface area contributed by atoms with Crippen LogP contribution in [0.15, 0.2) is 18.2 Å². The molecular weight excluding hydrogens is 282 g/mol. The number of nitrogens with zero attached hydrogens (tertiary/aromatic N) is 2. The molecule has 0 radical (unpaired) electrons. The third kappa shape index (κ3) is 3.36. The summed E-state index contributed by atoms with van der Waals surface area (Å²) in [5.41, 5.74) is 7.96.